The van der Waals surface area contributed by atoms with Crippen LogP contribution in [0.3, 0.4) is 0 Å². The summed E-state index contributed by atoms with van der Waals surface area (Å²) in [5.74, 6) is -0.0503. The largest absolute Gasteiger partial charge is 0.399 e. The lowest BCUT2D eigenvalue weighted by molar-refractivity contribution is 0.103. The van der Waals surface area contributed by atoms with Gasteiger partial charge in [-0.15, -0.1) is 0 Å². The van der Waals surface area contributed by atoms with Crippen molar-refractivity contribution in [2.45, 2.75) is 13.3 Å². The van der Waals surface area contributed by atoms with Gasteiger partial charge in [0, 0.05) is 35.4 Å². The molecule has 0 bridgehead atoms. The van der Waals surface area contributed by atoms with Crippen molar-refractivity contribution in [1.29, 1.82) is 5.26 Å². The molecule has 2 N–H and O–H groups in total. The SMILES string of the molecule is Cc1cc(Cc2ccc(N)cc2C#N)n(C)c1C(=O)c1ccc(Cl)cc1. The second kappa shape index (κ2) is 7.07. The fourth-order valence-electron chi connectivity index (χ4n) is 3.11. The number of aryl methyl sites for hydroxylation is 1. The van der Waals surface area contributed by atoms with Gasteiger partial charge >= 0.3 is 0 Å². The number of ketones is 1. The summed E-state index contributed by atoms with van der Waals surface area (Å²) < 4.78 is 1.89. The molecule has 4 nitrogen and oxygen atoms in total. The predicted molar refractivity (Wildman–Crippen MR) is 103 cm³/mol. The molecule has 0 spiro atoms. The molecule has 0 aliphatic heterocycles. The Morgan fingerprint density at radius 2 is 1.88 bits per heavy atom. The van der Waals surface area contributed by atoms with E-state index in [1.807, 2.05) is 30.7 Å². The molecule has 0 unspecified atom stereocenters. The Kier molecular flexibility index (Phi) is 4.83. The van der Waals surface area contributed by atoms with E-state index in [9.17, 15) is 10.1 Å². The van der Waals surface area contributed by atoms with Gasteiger partial charge in [-0.05, 0) is 60.5 Å². The van der Waals surface area contributed by atoms with Crippen LogP contribution in [0.2, 0.25) is 5.02 Å². The van der Waals surface area contributed by atoms with Crippen molar-refractivity contribution in [3.8, 4) is 6.07 Å². The molecule has 3 aromatic rings. The summed E-state index contributed by atoms with van der Waals surface area (Å²) >= 11 is 5.91. The Labute approximate surface area is 157 Å². The third kappa shape index (κ3) is 3.35. The molecular formula is C21H18ClN3O. The normalized spacial score (nSPS) is 10.5. The predicted octanol–water partition coefficient (Wildman–Crippen LogP) is 4.26. The van der Waals surface area contributed by atoms with E-state index in [-0.39, 0.29) is 5.78 Å². The van der Waals surface area contributed by atoms with E-state index < -0.39 is 0 Å². The molecule has 1 aromatic heterocycles. The van der Waals surface area contributed by atoms with E-state index >= 15 is 0 Å². The van der Waals surface area contributed by atoms with Crippen molar-refractivity contribution in [3.63, 3.8) is 0 Å². The third-order valence-corrected chi connectivity index (χ3v) is 4.72. The van der Waals surface area contributed by atoms with E-state index in [0.717, 1.165) is 16.8 Å². The first-order chi connectivity index (χ1) is 12.4. The maximum absolute atomic E-state index is 12.9. The van der Waals surface area contributed by atoms with Crippen LogP contribution >= 0.6 is 11.6 Å². The van der Waals surface area contributed by atoms with Gasteiger partial charge in [-0.25, -0.2) is 0 Å². The van der Waals surface area contributed by atoms with Gasteiger partial charge in [-0.1, -0.05) is 17.7 Å². The van der Waals surface area contributed by atoms with E-state index in [1.54, 1.807) is 36.4 Å². The maximum atomic E-state index is 12.9. The number of halogens is 1. The van der Waals surface area contributed by atoms with Gasteiger partial charge in [0.25, 0.3) is 0 Å². The topological polar surface area (TPSA) is 71.8 Å². The molecule has 0 radical (unpaired) electrons. The van der Waals surface area contributed by atoms with Crippen LogP contribution in [-0.4, -0.2) is 10.4 Å². The minimum absolute atomic E-state index is 0.0503. The smallest absolute Gasteiger partial charge is 0.209 e. The van der Waals surface area contributed by atoms with Gasteiger partial charge in [0.2, 0.25) is 5.78 Å². The average Bonchev–Trinajstić information content (AvgIpc) is 2.90. The molecule has 0 aliphatic carbocycles. The number of anilines is 1. The average molecular weight is 364 g/mol. The van der Waals surface area contributed by atoms with Crippen molar-refractivity contribution < 1.29 is 4.79 Å². The highest BCUT2D eigenvalue weighted by molar-refractivity contribution is 6.30. The summed E-state index contributed by atoms with van der Waals surface area (Å²) in [4.78, 5) is 12.9. The summed E-state index contributed by atoms with van der Waals surface area (Å²) in [6.07, 6.45) is 0.550. The number of nitrogen functional groups attached to an aromatic ring is 1. The lowest BCUT2D eigenvalue weighted by Crippen LogP contribution is -2.11. The number of hydrogen-bond acceptors (Lipinski definition) is 3. The van der Waals surface area contributed by atoms with E-state index in [1.165, 1.54) is 0 Å². The number of hydrogen-bond donors (Lipinski definition) is 1. The zero-order valence-corrected chi connectivity index (χ0v) is 15.3. The van der Waals surface area contributed by atoms with Crippen molar-refractivity contribution >= 4 is 23.1 Å². The van der Waals surface area contributed by atoms with Gasteiger partial charge in [0.15, 0.2) is 0 Å². The summed E-state index contributed by atoms with van der Waals surface area (Å²) in [5.41, 5.74) is 10.8. The lowest BCUT2D eigenvalue weighted by Gasteiger charge is -2.09. The van der Waals surface area contributed by atoms with Crippen LogP contribution in [-0.2, 0) is 13.5 Å². The summed E-state index contributed by atoms with van der Waals surface area (Å²) in [6, 6.07) is 16.4. The molecule has 0 amide bonds. The molecule has 0 saturated carbocycles. The van der Waals surface area contributed by atoms with Gasteiger partial charge < -0.3 is 10.3 Å². The van der Waals surface area contributed by atoms with Crippen LogP contribution in [0.1, 0.15) is 38.4 Å². The summed E-state index contributed by atoms with van der Waals surface area (Å²) in [7, 11) is 1.87. The van der Waals surface area contributed by atoms with Crippen molar-refractivity contribution in [3.05, 3.63) is 87.2 Å². The highest BCUT2D eigenvalue weighted by Crippen LogP contribution is 2.23. The van der Waals surface area contributed by atoms with Crippen LogP contribution in [0.4, 0.5) is 5.69 Å². The number of nitrogens with zero attached hydrogens (tertiary/aromatic N) is 2. The van der Waals surface area contributed by atoms with Gasteiger partial charge in [-0.2, -0.15) is 5.26 Å². The molecule has 2 aromatic carbocycles. The van der Waals surface area contributed by atoms with Crippen LogP contribution in [0, 0.1) is 18.3 Å². The van der Waals surface area contributed by atoms with Crippen LogP contribution in [0.5, 0.6) is 0 Å². The zero-order chi connectivity index (χ0) is 18.8. The van der Waals surface area contributed by atoms with Crippen molar-refractivity contribution in [1.82, 2.24) is 4.57 Å². The number of benzene rings is 2. The molecule has 0 atom stereocenters. The number of aromatic nitrogens is 1. The Bertz CT molecular complexity index is 1030. The van der Waals surface area contributed by atoms with Crippen LogP contribution < -0.4 is 5.73 Å². The Morgan fingerprint density at radius 1 is 1.19 bits per heavy atom. The highest BCUT2D eigenvalue weighted by Gasteiger charge is 2.19. The fourth-order valence-corrected chi connectivity index (χ4v) is 3.24. The number of rotatable bonds is 4. The quantitative estimate of drug-likeness (QED) is 0.556. The minimum Gasteiger partial charge on any atom is -0.399 e. The summed E-state index contributed by atoms with van der Waals surface area (Å²) in [6.45, 7) is 1.92. The van der Waals surface area contributed by atoms with E-state index in [4.69, 9.17) is 17.3 Å². The number of nitriles is 1. The Balaban J connectivity index is 1.97. The Hall–Kier alpha value is -3.03. The first-order valence-electron chi connectivity index (χ1n) is 8.14. The van der Waals surface area contributed by atoms with Crippen LogP contribution in [0.15, 0.2) is 48.5 Å². The first-order valence-corrected chi connectivity index (χ1v) is 8.52. The van der Waals surface area contributed by atoms with E-state index in [0.29, 0.717) is 34.0 Å². The number of nitrogens with two attached hydrogens (primary N) is 1. The van der Waals surface area contributed by atoms with Gasteiger partial charge in [-0.3, -0.25) is 4.79 Å². The molecular weight excluding hydrogens is 346 g/mol. The number of carbonyl (C=O) groups is 1. The van der Waals surface area contributed by atoms with E-state index in [2.05, 4.69) is 6.07 Å². The molecule has 3 rings (SSSR count). The standard InChI is InChI=1S/C21H18ClN3O/c1-13-9-19(11-15-5-8-18(24)10-16(15)12-23)25(2)20(13)21(26)14-3-6-17(22)7-4-14/h3-10H,11,24H2,1-2H3. The van der Waals surface area contributed by atoms with Gasteiger partial charge in [0.05, 0.1) is 17.3 Å². The van der Waals surface area contributed by atoms with Crippen molar-refractivity contribution in [2.24, 2.45) is 7.05 Å². The fraction of sp³-hybridized carbons (Fsp3) is 0.143. The molecule has 5 heteroatoms. The van der Waals surface area contributed by atoms with Crippen LogP contribution in [0.25, 0.3) is 0 Å². The third-order valence-electron chi connectivity index (χ3n) is 4.47. The van der Waals surface area contributed by atoms with Gasteiger partial charge in [0.1, 0.15) is 0 Å². The molecule has 130 valence electrons. The zero-order valence-electron chi connectivity index (χ0n) is 14.6. The molecule has 0 saturated heterocycles. The maximum Gasteiger partial charge on any atom is 0.209 e. The lowest BCUT2D eigenvalue weighted by atomic mass is 10.0. The highest BCUT2D eigenvalue weighted by atomic mass is 35.5. The Morgan fingerprint density at radius 3 is 2.54 bits per heavy atom. The van der Waals surface area contributed by atoms with Crippen molar-refractivity contribution in [2.75, 3.05) is 5.73 Å². The summed E-state index contributed by atoms with van der Waals surface area (Å²) in [5, 5.41) is 9.93. The molecule has 0 aliphatic rings. The molecule has 0 fully saturated rings. The first kappa shape index (κ1) is 17.8. The molecule has 1 heterocycles. The second-order valence-electron chi connectivity index (χ2n) is 6.27. The minimum atomic E-state index is -0.0503. The molecule has 26 heavy (non-hydrogen) atoms. The second-order valence-corrected chi connectivity index (χ2v) is 6.70. The number of carbonyl (C=O) groups excluding carboxylic acids is 1. The monoisotopic (exact) mass is 363 g/mol.